The molecule has 0 spiro atoms. The fraction of sp³-hybridized carbons (Fsp3) is 0.938. The van der Waals surface area contributed by atoms with Gasteiger partial charge in [-0.1, -0.05) is 25.7 Å². The number of carboxylic acid groups (broad SMARTS) is 1. The van der Waals surface area contributed by atoms with E-state index in [1.807, 2.05) is 0 Å². The summed E-state index contributed by atoms with van der Waals surface area (Å²) in [5.41, 5.74) is 0. The maximum absolute atomic E-state index is 11.7. The monoisotopic (exact) mass is 362 g/mol. The molecule has 1 unspecified atom stereocenters. The molecule has 8 heteroatoms. The number of nitrogens with zero attached hydrogens (tertiary/aromatic N) is 2. The average molecular weight is 362 g/mol. The van der Waals surface area contributed by atoms with E-state index in [9.17, 15) is 13.2 Å². The smallest absolute Gasteiger partial charge is 0.318 e. The van der Waals surface area contributed by atoms with Gasteiger partial charge in [-0.2, -0.15) is 4.31 Å². The van der Waals surface area contributed by atoms with Gasteiger partial charge in [0.2, 0.25) is 10.0 Å². The molecule has 1 saturated carbocycles. The van der Waals surface area contributed by atoms with E-state index in [-0.39, 0.29) is 12.6 Å². The van der Waals surface area contributed by atoms with Gasteiger partial charge in [-0.25, -0.2) is 8.42 Å². The SMILES string of the molecule is CS(=O)(=O)N(CC(=O)O)CC1CN(CCCC2CCCC2)CCO1. The van der Waals surface area contributed by atoms with E-state index in [1.54, 1.807) is 0 Å². The molecule has 2 fully saturated rings. The molecular weight excluding hydrogens is 332 g/mol. The summed E-state index contributed by atoms with van der Waals surface area (Å²) < 4.78 is 30.1. The third-order valence-corrected chi connectivity index (χ3v) is 6.19. The Balaban J connectivity index is 1.77. The Kier molecular flexibility index (Phi) is 7.46. The van der Waals surface area contributed by atoms with Crippen LogP contribution < -0.4 is 0 Å². The van der Waals surface area contributed by atoms with Crippen molar-refractivity contribution in [3.8, 4) is 0 Å². The molecule has 0 bridgehead atoms. The van der Waals surface area contributed by atoms with Gasteiger partial charge in [0.25, 0.3) is 0 Å². The van der Waals surface area contributed by atoms with Crippen molar-refractivity contribution in [1.82, 2.24) is 9.21 Å². The van der Waals surface area contributed by atoms with Gasteiger partial charge in [-0.05, 0) is 25.3 Å². The quantitative estimate of drug-likeness (QED) is 0.658. The van der Waals surface area contributed by atoms with Crippen LogP contribution >= 0.6 is 0 Å². The van der Waals surface area contributed by atoms with Gasteiger partial charge >= 0.3 is 5.97 Å². The number of hydrogen-bond donors (Lipinski definition) is 1. The third-order valence-electron chi connectivity index (χ3n) is 4.97. The molecule has 1 saturated heterocycles. The number of ether oxygens (including phenoxy) is 1. The zero-order valence-corrected chi connectivity index (χ0v) is 15.3. The Bertz CT molecular complexity index is 505. The number of rotatable bonds is 9. The maximum atomic E-state index is 11.7. The van der Waals surface area contributed by atoms with Gasteiger partial charge in [0.05, 0.1) is 19.0 Å². The van der Waals surface area contributed by atoms with Crippen molar-refractivity contribution in [2.45, 2.75) is 44.6 Å². The van der Waals surface area contributed by atoms with E-state index in [2.05, 4.69) is 4.90 Å². The van der Waals surface area contributed by atoms with Gasteiger partial charge in [0.15, 0.2) is 0 Å². The molecule has 0 aromatic heterocycles. The zero-order valence-electron chi connectivity index (χ0n) is 14.5. The predicted molar refractivity (Wildman–Crippen MR) is 91.4 cm³/mol. The number of hydrogen-bond acceptors (Lipinski definition) is 5. The van der Waals surface area contributed by atoms with Crippen molar-refractivity contribution < 1.29 is 23.1 Å². The highest BCUT2D eigenvalue weighted by molar-refractivity contribution is 7.88. The van der Waals surface area contributed by atoms with Crippen LogP contribution in [0.5, 0.6) is 0 Å². The molecule has 1 atom stereocenters. The summed E-state index contributed by atoms with van der Waals surface area (Å²) in [5, 5.41) is 8.89. The van der Waals surface area contributed by atoms with Crippen LogP contribution in [-0.4, -0.2) is 80.4 Å². The summed E-state index contributed by atoms with van der Waals surface area (Å²) in [4.78, 5) is 13.2. The summed E-state index contributed by atoms with van der Waals surface area (Å²) in [6, 6.07) is 0. The van der Waals surface area contributed by atoms with Crippen LogP contribution in [0.2, 0.25) is 0 Å². The maximum Gasteiger partial charge on any atom is 0.318 e. The highest BCUT2D eigenvalue weighted by atomic mass is 32.2. The summed E-state index contributed by atoms with van der Waals surface area (Å²) >= 11 is 0. The zero-order chi connectivity index (χ0) is 17.6. The first-order valence-electron chi connectivity index (χ1n) is 8.85. The van der Waals surface area contributed by atoms with Crippen LogP contribution in [0, 0.1) is 5.92 Å². The van der Waals surface area contributed by atoms with Crippen molar-refractivity contribution >= 4 is 16.0 Å². The lowest BCUT2D eigenvalue weighted by molar-refractivity contribution is -0.137. The lowest BCUT2D eigenvalue weighted by Gasteiger charge is -2.35. The van der Waals surface area contributed by atoms with Crippen LogP contribution in [0.15, 0.2) is 0 Å². The predicted octanol–water partition coefficient (Wildman–Crippen LogP) is 1.00. The van der Waals surface area contributed by atoms with E-state index in [1.165, 1.54) is 38.5 Å². The third kappa shape index (κ3) is 6.66. The lowest BCUT2D eigenvalue weighted by atomic mass is 10.0. The number of carbonyl (C=O) groups is 1. The van der Waals surface area contributed by atoms with Crippen LogP contribution in [0.25, 0.3) is 0 Å². The molecule has 1 heterocycles. The molecule has 2 rings (SSSR count). The first-order valence-corrected chi connectivity index (χ1v) is 10.7. The Morgan fingerprint density at radius 3 is 2.67 bits per heavy atom. The second-order valence-corrected chi connectivity index (χ2v) is 9.02. The molecule has 24 heavy (non-hydrogen) atoms. The summed E-state index contributed by atoms with van der Waals surface area (Å²) in [7, 11) is -3.55. The number of aliphatic carboxylic acids is 1. The fourth-order valence-corrected chi connectivity index (χ4v) is 4.47. The normalized spacial score (nSPS) is 23.8. The summed E-state index contributed by atoms with van der Waals surface area (Å²) in [6.45, 7) is 2.69. The van der Waals surface area contributed by atoms with Crippen LogP contribution in [0.1, 0.15) is 38.5 Å². The largest absolute Gasteiger partial charge is 0.480 e. The fourth-order valence-electron chi connectivity index (χ4n) is 3.69. The van der Waals surface area contributed by atoms with E-state index < -0.39 is 22.5 Å². The highest BCUT2D eigenvalue weighted by Crippen LogP contribution is 2.28. The van der Waals surface area contributed by atoms with E-state index >= 15 is 0 Å². The van der Waals surface area contributed by atoms with Gasteiger partial charge in [0, 0.05) is 19.6 Å². The second kappa shape index (κ2) is 9.12. The average Bonchev–Trinajstić information content (AvgIpc) is 2.99. The molecule has 140 valence electrons. The minimum absolute atomic E-state index is 0.101. The highest BCUT2D eigenvalue weighted by Gasteiger charge is 2.28. The molecule has 0 aromatic rings. The topological polar surface area (TPSA) is 87.2 Å². The molecule has 2 aliphatic rings. The minimum atomic E-state index is -3.55. The van der Waals surface area contributed by atoms with Crippen molar-refractivity contribution in [2.24, 2.45) is 5.92 Å². The molecule has 0 amide bonds. The summed E-state index contributed by atoms with van der Waals surface area (Å²) in [6.07, 6.45) is 8.69. The molecule has 1 N–H and O–H groups in total. The van der Waals surface area contributed by atoms with Gasteiger partial charge in [0.1, 0.15) is 6.54 Å². The molecule has 0 aromatic carbocycles. The van der Waals surface area contributed by atoms with Crippen molar-refractivity contribution in [3.63, 3.8) is 0 Å². The van der Waals surface area contributed by atoms with E-state index in [0.717, 1.165) is 29.6 Å². The Hall–Kier alpha value is -0.700. The minimum Gasteiger partial charge on any atom is -0.480 e. The lowest BCUT2D eigenvalue weighted by Crippen LogP contribution is -2.49. The Labute approximate surface area is 145 Å². The summed E-state index contributed by atoms with van der Waals surface area (Å²) in [5.74, 6) is -0.261. The van der Waals surface area contributed by atoms with Gasteiger partial charge in [-0.3, -0.25) is 9.69 Å². The first kappa shape index (κ1) is 19.6. The number of morpholine rings is 1. The molecular formula is C16H30N2O5S. The van der Waals surface area contributed by atoms with Crippen LogP contribution in [0.3, 0.4) is 0 Å². The van der Waals surface area contributed by atoms with E-state index in [4.69, 9.17) is 9.84 Å². The van der Waals surface area contributed by atoms with Crippen molar-refractivity contribution in [3.05, 3.63) is 0 Å². The molecule has 1 aliphatic heterocycles. The standard InChI is InChI=1S/C16H30N2O5S/c1-24(21,22)18(13-16(19)20)12-15-11-17(9-10-23-15)8-4-7-14-5-2-3-6-14/h14-15H,2-13H2,1H3,(H,19,20). The van der Waals surface area contributed by atoms with Gasteiger partial charge < -0.3 is 9.84 Å². The second-order valence-electron chi connectivity index (χ2n) is 7.04. The van der Waals surface area contributed by atoms with Crippen LogP contribution in [-0.2, 0) is 19.6 Å². The number of carboxylic acids is 1. The Morgan fingerprint density at radius 1 is 1.33 bits per heavy atom. The van der Waals surface area contributed by atoms with Crippen molar-refractivity contribution in [1.29, 1.82) is 0 Å². The number of sulfonamides is 1. The Morgan fingerprint density at radius 2 is 2.04 bits per heavy atom. The molecule has 1 aliphatic carbocycles. The van der Waals surface area contributed by atoms with Gasteiger partial charge in [-0.15, -0.1) is 0 Å². The van der Waals surface area contributed by atoms with Crippen LogP contribution in [0.4, 0.5) is 0 Å². The first-order chi connectivity index (χ1) is 11.3. The molecule has 0 radical (unpaired) electrons. The van der Waals surface area contributed by atoms with E-state index in [0.29, 0.717) is 13.2 Å². The van der Waals surface area contributed by atoms with Crippen molar-refractivity contribution in [2.75, 3.05) is 45.6 Å². The molecule has 7 nitrogen and oxygen atoms in total.